The van der Waals surface area contributed by atoms with Crippen LogP contribution in [0.25, 0.3) is 0 Å². The second kappa shape index (κ2) is 10.5. The molecule has 0 aliphatic carbocycles. The largest absolute Gasteiger partial charge is 0.339 e. The summed E-state index contributed by atoms with van der Waals surface area (Å²) in [7, 11) is -3.75. The summed E-state index contributed by atoms with van der Waals surface area (Å²) in [5.74, 6) is -0.204. The van der Waals surface area contributed by atoms with Gasteiger partial charge >= 0.3 is 0 Å². The average molecular weight is 478 g/mol. The van der Waals surface area contributed by atoms with Crippen molar-refractivity contribution in [1.29, 1.82) is 0 Å². The second-order valence-electron chi connectivity index (χ2n) is 8.73. The molecule has 0 unspecified atom stereocenters. The molecule has 0 aromatic heterocycles. The molecule has 3 aromatic rings. The lowest BCUT2D eigenvalue weighted by molar-refractivity contribution is -0.131. The lowest BCUT2D eigenvalue weighted by Gasteiger charge is -2.39. The van der Waals surface area contributed by atoms with E-state index in [0.29, 0.717) is 31.7 Å². The third kappa shape index (κ3) is 5.55. The number of amides is 1. The highest BCUT2D eigenvalue weighted by molar-refractivity contribution is 7.89. The number of rotatable bonds is 7. The summed E-state index contributed by atoms with van der Waals surface area (Å²) >= 11 is 0. The molecule has 1 N–H and O–H groups in total. The van der Waals surface area contributed by atoms with Gasteiger partial charge in [0.05, 0.1) is 17.5 Å². The molecule has 1 amide bonds. The molecule has 1 aliphatic rings. The molecule has 178 valence electrons. The molecule has 0 radical (unpaired) electrons. The van der Waals surface area contributed by atoms with E-state index in [2.05, 4.69) is 33.9 Å². The molecule has 1 aliphatic heterocycles. The normalized spacial score (nSPS) is 15.0. The molecule has 4 rings (SSSR count). The summed E-state index contributed by atoms with van der Waals surface area (Å²) < 4.78 is 28.0. The first kappa shape index (κ1) is 24.1. The number of nitrogens with zero attached hydrogens (tertiary/aromatic N) is 2. The smallest absolute Gasteiger partial charge is 0.241 e. The van der Waals surface area contributed by atoms with Crippen molar-refractivity contribution in [3.05, 3.63) is 101 Å². The summed E-state index contributed by atoms with van der Waals surface area (Å²) in [4.78, 5) is 17.2. The molecular weight excluding hydrogens is 446 g/mol. The topological polar surface area (TPSA) is 69.7 Å². The minimum Gasteiger partial charge on any atom is -0.339 e. The monoisotopic (exact) mass is 477 g/mol. The van der Waals surface area contributed by atoms with Crippen LogP contribution in [0.3, 0.4) is 0 Å². The number of carbonyl (C=O) groups excluding carboxylic acids is 1. The molecule has 1 saturated heterocycles. The van der Waals surface area contributed by atoms with E-state index in [0.717, 1.165) is 5.56 Å². The van der Waals surface area contributed by atoms with Crippen molar-refractivity contribution in [2.24, 2.45) is 0 Å². The van der Waals surface area contributed by atoms with Gasteiger partial charge in [-0.2, -0.15) is 0 Å². The predicted octanol–water partition coefficient (Wildman–Crippen LogP) is 3.52. The van der Waals surface area contributed by atoms with Crippen molar-refractivity contribution >= 4 is 15.9 Å². The Bertz CT molecular complexity index is 1180. The van der Waals surface area contributed by atoms with Gasteiger partial charge in [-0.05, 0) is 42.2 Å². The Balaban J connectivity index is 1.40. The standard InChI is InChI=1S/C27H31N3O3S/c1-21-13-14-22(2)25(19-21)34(32,33)28-20-26(31)29-15-17-30(18-16-29)27(23-9-5-3-6-10-23)24-11-7-4-8-12-24/h3-14,19,27-28H,15-18,20H2,1-2H3. The Morgan fingerprint density at radius 2 is 1.41 bits per heavy atom. The maximum Gasteiger partial charge on any atom is 0.241 e. The lowest BCUT2D eigenvalue weighted by atomic mass is 9.96. The highest BCUT2D eigenvalue weighted by Crippen LogP contribution is 2.29. The molecule has 6 nitrogen and oxygen atoms in total. The number of nitrogens with one attached hydrogen (secondary N) is 1. The second-order valence-corrected chi connectivity index (χ2v) is 10.5. The zero-order valence-electron chi connectivity index (χ0n) is 19.6. The van der Waals surface area contributed by atoms with E-state index in [4.69, 9.17) is 0 Å². The number of sulfonamides is 1. The fourth-order valence-electron chi connectivity index (χ4n) is 4.46. The summed E-state index contributed by atoms with van der Waals surface area (Å²) in [6.07, 6.45) is 0. The van der Waals surface area contributed by atoms with Crippen LogP contribution in [0.1, 0.15) is 28.3 Å². The van der Waals surface area contributed by atoms with Gasteiger partial charge in [0.1, 0.15) is 0 Å². The molecule has 1 heterocycles. The average Bonchev–Trinajstić information content (AvgIpc) is 2.86. The van der Waals surface area contributed by atoms with E-state index >= 15 is 0 Å². The van der Waals surface area contributed by atoms with Crippen LogP contribution in [-0.2, 0) is 14.8 Å². The minimum atomic E-state index is -3.75. The van der Waals surface area contributed by atoms with Crippen LogP contribution in [-0.4, -0.2) is 56.8 Å². The number of benzene rings is 3. The van der Waals surface area contributed by atoms with Gasteiger partial charge in [-0.3, -0.25) is 9.69 Å². The molecule has 0 bridgehead atoms. The number of piperazine rings is 1. The van der Waals surface area contributed by atoms with Crippen molar-refractivity contribution in [3.8, 4) is 0 Å². The van der Waals surface area contributed by atoms with Gasteiger partial charge in [0.25, 0.3) is 0 Å². The van der Waals surface area contributed by atoms with Gasteiger partial charge in [-0.1, -0.05) is 72.8 Å². The van der Waals surface area contributed by atoms with Crippen molar-refractivity contribution in [1.82, 2.24) is 14.5 Å². The van der Waals surface area contributed by atoms with Crippen molar-refractivity contribution in [3.63, 3.8) is 0 Å². The van der Waals surface area contributed by atoms with E-state index < -0.39 is 10.0 Å². The van der Waals surface area contributed by atoms with Crippen LogP contribution in [0.15, 0.2) is 83.8 Å². The first-order chi connectivity index (χ1) is 16.3. The Hall–Kier alpha value is -3.00. The van der Waals surface area contributed by atoms with Gasteiger partial charge in [0, 0.05) is 26.2 Å². The lowest BCUT2D eigenvalue weighted by Crippen LogP contribution is -2.52. The molecule has 7 heteroatoms. The first-order valence-corrected chi connectivity index (χ1v) is 13.0. The first-order valence-electron chi connectivity index (χ1n) is 11.5. The Kier molecular flexibility index (Phi) is 7.46. The van der Waals surface area contributed by atoms with Gasteiger partial charge < -0.3 is 4.90 Å². The quantitative estimate of drug-likeness (QED) is 0.565. The van der Waals surface area contributed by atoms with Crippen LogP contribution in [0, 0.1) is 13.8 Å². The highest BCUT2D eigenvalue weighted by Gasteiger charge is 2.28. The van der Waals surface area contributed by atoms with Crippen LogP contribution < -0.4 is 4.72 Å². The molecule has 0 saturated carbocycles. The SMILES string of the molecule is Cc1ccc(C)c(S(=O)(=O)NCC(=O)N2CCN(C(c3ccccc3)c3ccccc3)CC2)c1. The van der Waals surface area contributed by atoms with Gasteiger partial charge in [-0.15, -0.1) is 0 Å². The molecule has 0 atom stereocenters. The van der Waals surface area contributed by atoms with E-state index in [1.165, 1.54) is 11.1 Å². The zero-order chi connectivity index (χ0) is 24.1. The van der Waals surface area contributed by atoms with Crippen LogP contribution in [0.2, 0.25) is 0 Å². The maximum atomic E-state index is 12.8. The molecule has 1 fully saturated rings. The summed E-state index contributed by atoms with van der Waals surface area (Å²) in [6.45, 7) is 5.90. The Morgan fingerprint density at radius 1 is 0.853 bits per heavy atom. The fraction of sp³-hybridized carbons (Fsp3) is 0.296. The number of aryl methyl sites for hydroxylation is 2. The maximum absolute atomic E-state index is 12.8. The summed E-state index contributed by atoms with van der Waals surface area (Å²) in [5.41, 5.74) is 3.95. The molecular formula is C27H31N3O3S. The van der Waals surface area contributed by atoms with Crippen LogP contribution in [0.4, 0.5) is 0 Å². The molecule has 34 heavy (non-hydrogen) atoms. The van der Waals surface area contributed by atoms with Gasteiger partial charge in [0.15, 0.2) is 0 Å². The van der Waals surface area contributed by atoms with Gasteiger partial charge in [-0.25, -0.2) is 13.1 Å². The summed E-state index contributed by atoms with van der Waals surface area (Å²) in [5, 5.41) is 0. The fourth-order valence-corrected chi connectivity index (χ4v) is 5.76. The molecule has 0 spiro atoms. The molecule has 3 aromatic carbocycles. The number of hydrogen-bond acceptors (Lipinski definition) is 4. The van der Waals surface area contributed by atoms with Crippen molar-refractivity contribution in [2.75, 3.05) is 32.7 Å². The highest BCUT2D eigenvalue weighted by atomic mass is 32.2. The predicted molar refractivity (Wildman–Crippen MR) is 134 cm³/mol. The van der Waals surface area contributed by atoms with E-state index in [9.17, 15) is 13.2 Å². The van der Waals surface area contributed by atoms with Gasteiger partial charge in [0.2, 0.25) is 15.9 Å². The van der Waals surface area contributed by atoms with E-state index in [1.54, 1.807) is 24.0 Å². The van der Waals surface area contributed by atoms with Crippen LogP contribution >= 0.6 is 0 Å². The summed E-state index contributed by atoms with van der Waals surface area (Å²) in [6, 6.07) is 26.2. The third-order valence-electron chi connectivity index (χ3n) is 6.31. The zero-order valence-corrected chi connectivity index (χ0v) is 20.5. The Morgan fingerprint density at radius 3 is 1.97 bits per heavy atom. The van der Waals surface area contributed by atoms with E-state index in [1.807, 2.05) is 49.4 Å². The number of carbonyl (C=O) groups is 1. The van der Waals surface area contributed by atoms with Crippen LogP contribution in [0.5, 0.6) is 0 Å². The van der Waals surface area contributed by atoms with Crippen molar-refractivity contribution < 1.29 is 13.2 Å². The van der Waals surface area contributed by atoms with E-state index in [-0.39, 0.29) is 23.4 Å². The van der Waals surface area contributed by atoms with Crippen molar-refractivity contribution in [2.45, 2.75) is 24.8 Å². The minimum absolute atomic E-state index is 0.113. The number of hydrogen-bond donors (Lipinski definition) is 1. The Labute approximate surface area is 202 Å². The third-order valence-corrected chi connectivity index (χ3v) is 7.85.